The van der Waals surface area contributed by atoms with E-state index in [1.807, 2.05) is 11.3 Å². The molecule has 0 saturated heterocycles. The summed E-state index contributed by atoms with van der Waals surface area (Å²) in [5, 5.41) is 4.06. The van der Waals surface area contributed by atoms with Crippen LogP contribution < -0.4 is 5.32 Å². The van der Waals surface area contributed by atoms with E-state index in [9.17, 15) is 4.79 Å². The van der Waals surface area contributed by atoms with Gasteiger partial charge in [0, 0.05) is 39.0 Å². The fraction of sp³-hybridized carbons (Fsp3) is 0.414. The number of carbonyl (C=O) groups is 1. The fourth-order valence-corrected chi connectivity index (χ4v) is 7.06. The Bertz CT molecular complexity index is 1350. The van der Waals surface area contributed by atoms with Gasteiger partial charge in [0.25, 0.3) is 5.91 Å². The van der Waals surface area contributed by atoms with Crippen molar-refractivity contribution in [3.63, 3.8) is 0 Å². The van der Waals surface area contributed by atoms with Gasteiger partial charge in [-0.05, 0) is 68.7 Å². The van der Waals surface area contributed by atoms with Crippen LogP contribution >= 0.6 is 22.7 Å². The Kier molecular flexibility index (Phi) is 6.53. The molecule has 1 amide bonds. The zero-order valence-electron chi connectivity index (χ0n) is 21.2. The second kappa shape index (κ2) is 9.47. The molecule has 5 rings (SSSR count). The van der Waals surface area contributed by atoms with Crippen molar-refractivity contribution in [2.24, 2.45) is 4.99 Å². The number of benzene rings is 1. The molecule has 0 saturated carbocycles. The van der Waals surface area contributed by atoms with E-state index in [0.29, 0.717) is 11.4 Å². The second-order valence-corrected chi connectivity index (χ2v) is 12.9. The monoisotopic (exact) mass is 503 g/mol. The predicted molar refractivity (Wildman–Crippen MR) is 147 cm³/mol. The topological polar surface area (TPSA) is 54.4 Å². The summed E-state index contributed by atoms with van der Waals surface area (Å²) in [6.45, 7) is 11.1. The fourth-order valence-electron chi connectivity index (χ4n) is 4.78. The highest BCUT2D eigenvalue weighted by Gasteiger charge is 2.26. The van der Waals surface area contributed by atoms with Crippen molar-refractivity contribution >= 4 is 34.3 Å². The van der Waals surface area contributed by atoms with Gasteiger partial charge in [-0.25, -0.2) is 4.98 Å². The van der Waals surface area contributed by atoms with Gasteiger partial charge in [0.1, 0.15) is 4.88 Å². The van der Waals surface area contributed by atoms with Crippen LogP contribution in [0.15, 0.2) is 41.2 Å². The number of aromatic nitrogens is 1. The van der Waals surface area contributed by atoms with Gasteiger partial charge in [0.15, 0.2) is 0 Å². The molecular formula is C29H33N3OS2. The molecule has 2 aliphatic rings. The van der Waals surface area contributed by atoms with Crippen LogP contribution in [0.2, 0.25) is 0 Å². The highest BCUT2D eigenvalue weighted by Crippen LogP contribution is 2.39. The smallest absolute Gasteiger partial charge is 0.263 e. The Labute approximate surface area is 216 Å². The van der Waals surface area contributed by atoms with Gasteiger partial charge in [-0.1, -0.05) is 38.5 Å². The SMILES string of the molecule is CC1=CN=C(c2ccc(CNC(=O)c3cnc(C(C)(C)C)s3)c(C)c2)c2c(sc3c2CCC3)CC1. The maximum atomic E-state index is 12.7. The third-order valence-electron chi connectivity index (χ3n) is 6.82. The molecule has 6 heteroatoms. The number of aryl methyl sites for hydroxylation is 3. The van der Waals surface area contributed by atoms with Crippen LogP contribution in [0.3, 0.4) is 0 Å². The summed E-state index contributed by atoms with van der Waals surface area (Å²) in [7, 11) is 0. The van der Waals surface area contributed by atoms with Crippen molar-refractivity contribution in [3.05, 3.63) is 83.6 Å². The number of carbonyl (C=O) groups excluding carboxylic acids is 1. The molecule has 3 heterocycles. The van der Waals surface area contributed by atoms with Crippen LogP contribution in [0.5, 0.6) is 0 Å². The Morgan fingerprint density at radius 1 is 1.06 bits per heavy atom. The van der Waals surface area contributed by atoms with E-state index in [1.54, 1.807) is 11.1 Å². The molecule has 1 aliphatic carbocycles. The van der Waals surface area contributed by atoms with Crippen molar-refractivity contribution in [1.82, 2.24) is 10.3 Å². The first kappa shape index (κ1) is 24.1. The lowest BCUT2D eigenvalue weighted by Crippen LogP contribution is -2.22. The number of hydrogen-bond donors (Lipinski definition) is 1. The summed E-state index contributed by atoms with van der Waals surface area (Å²) in [5.74, 6) is -0.0649. The largest absolute Gasteiger partial charge is 0.347 e. The van der Waals surface area contributed by atoms with Crippen LogP contribution in [0.4, 0.5) is 0 Å². The van der Waals surface area contributed by atoms with E-state index >= 15 is 0 Å². The number of hydrogen-bond acceptors (Lipinski definition) is 5. The molecule has 0 unspecified atom stereocenters. The third-order valence-corrected chi connectivity index (χ3v) is 9.59. The number of nitrogens with one attached hydrogen (secondary N) is 1. The molecule has 2 aromatic heterocycles. The van der Waals surface area contributed by atoms with Crippen molar-refractivity contribution < 1.29 is 4.79 Å². The molecule has 0 radical (unpaired) electrons. The van der Waals surface area contributed by atoms with Gasteiger partial charge in [-0.15, -0.1) is 22.7 Å². The highest BCUT2D eigenvalue weighted by molar-refractivity contribution is 7.13. The summed E-state index contributed by atoms with van der Waals surface area (Å²) < 4.78 is 0. The summed E-state index contributed by atoms with van der Waals surface area (Å²) in [5.41, 5.74) is 8.77. The van der Waals surface area contributed by atoms with Gasteiger partial charge in [0.05, 0.1) is 16.9 Å². The third kappa shape index (κ3) is 4.91. The van der Waals surface area contributed by atoms with E-state index in [-0.39, 0.29) is 11.3 Å². The Hall–Kier alpha value is -2.57. The molecule has 0 bridgehead atoms. The van der Waals surface area contributed by atoms with Gasteiger partial charge in [-0.2, -0.15) is 0 Å². The number of aliphatic imine (C=N–C) groups is 1. The molecule has 0 atom stereocenters. The standard InChI is InChI=1S/C29H33N3OS2/c1-17-9-12-23-25(21-7-6-8-22(21)34-23)26(30-14-17)19-10-11-20(18(2)13-19)15-31-27(33)24-16-32-28(35-24)29(3,4)5/h10-11,13-14,16H,6-9,12,15H2,1-5H3,(H,31,33). The molecule has 1 aliphatic heterocycles. The normalized spacial score (nSPS) is 15.6. The average Bonchev–Trinajstić information content (AvgIpc) is 3.52. The number of amides is 1. The first-order valence-corrected chi connectivity index (χ1v) is 14.1. The number of fused-ring (bicyclic) bond motifs is 3. The minimum absolute atomic E-state index is 0.0501. The highest BCUT2D eigenvalue weighted by atomic mass is 32.1. The van der Waals surface area contributed by atoms with Crippen molar-refractivity contribution in [2.75, 3.05) is 0 Å². The van der Waals surface area contributed by atoms with Crippen LogP contribution in [0.25, 0.3) is 0 Å². The maximum Gasteiger partial charge on any atom is 0.263 e. The zero-order valence-corrected chi connectivity index (χ0v) is 22.9. The zero-order chi connectivity index (χ0) is 24.7. The van der Waals surface area contributed by atoms with E-state index in [2.05, 4.69) is 69.3 Å². The number of thiazole rings is 1. The molecule has 1 aromatic carbocycles. The van der Waals surface area contributed by atoms with Gasteiger partial charge in [0.2, 0.25) is 0 Å². The molecule has 1 N–H and O–H groups in total. The summed E-state index contributed by atoms with van der Waals surface area (Å²) in [6.07, 6.45) is 9.56. The lowest BCUT2D eigenvalue weighted by molar-refractivity contribution is 0.0954. The van der Waals surface area contributed by atoms with Gasteiger partial charge < -0.3 is 5.32 Å². The maximum absolute atomic E-state index is 12.7. The van der Waals surface area contributed by atoms with E-state index < -0.39 is 0 Å². The Morgan fingerprint density at radius 3 is 2.63 bits per heavy atom. The van der Waals surface area contributed by atoms with Crippen LogP contribution in [0.1, 0.15) is 92.8 Å². The van der Waals surface area contributed by atoms with Crippen molar-refractivity contribution in [1.29, 1.82) is 0 Å². The van der Waals surface area contributed by atoms with Crippen molar-refractivity contribution in [3.8, 4) is 0 Å². The number of rotatable bonds is 4. The Morgan fingerprint density at radius 2 is 1.89 bits per heavy atom. The molecular weight excluding hydrogens is 470 g/mol. The number of allylic oxidation sites excluding steroid dienone is 1. The molecule has 35 heavy (non-hydrogen) atoms. The first-order valence-electron chi connectivity index (χ1n) is 12.4. The van der Waals surface area contributed by atoms with Crippen LogP contribution in [0, 0.1) is 6.92 Å². The summed E-state index contributed by atoms with van der Waals surface area (Å²) in [4.78, 5) is 25.9. The minimum atomic E-state index is -0.0649. The molecule has 182 valence electrons. The Balaban J connectivity index is 1.38. The van der Waals surface area contributed by atoms with Crippen LogP contribution in [-0.2, 0) is 31.2 Å². The molecule has 0 spiro atoms. The molecule has 0 fully saturated rings. The lowest BCUT2D eigenvalue weighted by atomic mass is 9.93. The predicted octanol–water partition coefficient (Wildman–Crippen LogP) is 6.92. The average molecular weight is 504 g/mol. The van der Waals surface area contributed by atoms with Gasteiger partial charge >= 0.3 is 0 Å². The van der Waals surface area contributed by atoms with Crippen LogP contribution in [-0.4, -0.2) is 16.6 Å². The lowest BCUT2D eigenvalue weighted by Gasteiger charge is -2.15. The van der Waals surface area contributed by atoms with E-state index in [1.165, 1.54) is 57.7 Å². The van der Waals surface area contributed by atoms with Crippen molar-refractivity contribution in [2.45, 2.75) is 78.7 Å². The summed E-state index contributed by atoms with van der Waals surface area (Å²) >= 11 is 3.48. The van der Waals surface area contributed by atoms with Gasteiger partial charge in [-0.3, -0.25) is 9.79 Å². The van der Waals surface area contributed by atoms with E-state index in [4.69, 9.17) is 4.99 Å². The molecule has 4 nitrogen and oxygen atoms in total. The first-order chi connectivity index (χ1) is 16.7. The second-order valence-electron chi connectivity index (χ2n) is 10.7. The molecule has 3 aromatic rings. The minimum Gasteiger partial charge on any atom is -0.347 e. The number of nitrogens with zero attached hydrogens (tertiary/aromatic N) is 2. The summed E-state index contributed by atoms with van der Waals surface area (Å²) in [6, 6.07) is 6.55. The quantitative estimate of drug-likeness (QED) is 0.420. The number of thiophene rings is 1. The van der Waals surface area contributed by atoms with E-state index in [0.717, 1.165) is 34.7 Å².